The largest absolute Gasteiger partial charge is 0.322 e. The van der Waals surface area contributed by atoms with E-state index in [1.54, 1.807) is 0 Å². The molecule has 1 aromatic carbocycles. The normalized spacial score (nSPS) is 17.9. The van der Waals surface area contributed by atoms with E-state index in [1.165, 1.54) is 11.8 Å². The molecule has 0 aliphatic carbocycles. The van der Waals surface area contributed by atoms with Gasteiger partial charge >= 0.3 is 0 Å². The van der Waals surface area contributed by atoms with Crippen molar-refractivity contribution in [2.75, 3.05) is 25.0 Å². The number of aromatic nitrogens is 5. The summed E-state index contributed by atoms with van der Waals surface area (Å²) in [5, 5.41) is 3.16. The number of imidazole rings is 1. The van der Waals surface area contributed by atoms with E-state index < -0.39 is 5.82 Å². The SMILES string of the molecule is CCN1CCC(c2ccc(Nc3ncc(F)c(-c4cc(C)c5nc6n(c5c4)C(C)(C)CC6)n3)nc2)CC1. The zero-order chi connectivity index (χ0) is 25.7. The van der Waals surface area contributed by atoms with Gasteiger partial charge in [0, 0.05) is 23.7 Å². The van der Waals surface area contributed by atoms with Crippen LogP contribution in [0.2, 0.25) is 0 Å². The van der Waals surface area contributed by atoms with Crippen LogP contribution in [0.4, 0.5) is 16.2 Å². The van der Waals surface area contributed by atoms with Gasteiger partial charge in [-0.3, -0.25) is 0 Å². The van der Waals surface area contributed by atoms with Gasteiger partial charge < -0.3 is 14.8 Å². The van der Waals surface area contributed by atoms with Crippen LogP contribution in [0.1, 0.15) is 62.9 Å². The number of hydrogen-bond acceptors (Lipinski definition) is 6. The van der Waals surface area contributed by atoms with Crippen LogP contribution in [-0.2, 0) is 12.0 Å². The molecule has 4 aromatic rings. The highest BCUT2D eigenvalue weighted by Crippen LogP contribution is 2.38. The Balaban J connectivity index is 1.26. The first-order valence-electron chi connectivity index (χ1n) is 13.3. The summed E-state index contributed by atoms with van der Waals surface area (Å²) in [5.74, 6) is 2.16. The zero-order valence-electron chi connectivity index (χ0n) is 22.1. The number of fused-ring (bicyclic) bond motifs is 3. The molecule has 1 N–H and O–H groups in total. The number of likely N-dealkylation sites (tertiary alicyclic amines) is 1. The average Bonchev–Trinajstić information content (AvgIpc) is 3.43. The van der Waals surface area contributed by atoms with Gasteiger partial charge in [-0.1, -0.05) is 13.0 Å². The van der Waals surface area contributed by atoms with Crippen molar-refractivity contribution >= 4 is 22.8 Å². The number of piperidine rings is 1. The number of pyridine rings is 1. The third-order valence-corrected chi connectivity index (χ3v) is 8.14. The summed E-state index contributed by atoms with van der Waals surface area (Å²) in [5.41, 5.74) is 5.26. The molecule has 0 atom stereocenters. The Labute approximate surface area is 217 Å². The Hall–Kier alpha value is -3.39. The van der Waals surface area contributed by atoms with Gasteiger partial charge in [-0.25, -0.2) is 24.3 Å². The van der Waals surface area contributed by atoms with Crippen LogP contribution in [0.5, 0.6) is 0 Å². The Morgan fingerprint density at radius 2 is 1.89 bits per heavy atom. The van der Waals surface area contributed by atoms with E-state index in [1.807, 2.05) is 31.3 Å². The van der Waals surface area contributed by atoms with Gasteiger partial charge in [-0.05, 0) is 94.9 Å². The van der Waals surface area contributed by atoms with E-state index in [2.05, 4.69) is 56.6 Å². The maximum Gasteiger partial charge on any atom is 0.229 e. The molecule has 2 aliphatic heterocycles. The molecule has 0 bridgehead atoms. The molecule has 8 heteroatoms. The molecule has 1 fully saturated rings. The second-order valence-electron chi connectivity index (χ2n) is 11.0. The second-order valence-corrected chi connectivity index (χ2v) is 11.0. The van der Waals surface area contributed by atoms with Crippen molar-refractivity contribution in [2.45, 2.75) is 64.8 Å². The quantitative estimate of drug-likeness (QED) is 0.365. The molecule has 0 spiro atoms. The fourth-order valence-corrected chi connectivity index (χ4v) is 5.95. The Morgan fingerprint density at radius 3 is 2.62 bits per heavy atom. The Bertz CT molecular complexity index is 1450. The van der Waals surface area contributed by atoms with Crippen LogP contribution in [0.25, 0.3) is 22.3 Å². The summed E-state index contributed by atoms with van der Waals surface area (Å²) in [6.07, 6.45) is 7.50. The molecule has 0 radical (unpaired) electrons. The summed E-state index contributed by atoms with van der Waals surface area (Å²) in [4.78, 5) is 20.7. The first-order valence-corrected chi connectivity index (χ1v) is 13.3. The highest BCUT2D eigenvalue weighted by Gasteiger charge is 2.32. The Morgan fingerprint density at radius 1 is 1.08 bits per heavy atom. The van der Waals surface area contributed by atoms with Crippen molar-refractivity contribution < 1.29 is 4.39 Å². The van der Waals surface area contributed by atoms with Gasteiger partial charge in [-0.2, -0.15) is 0 Å². The molecule has 3 aromatic heterocycles. The molecule has 2 aliphatic rings. The summed E-state index contributed by atoms with van der Waals surface area (Å²) in [7, 11) is 0. The lowest BCUT2D eigenvalue weighted by Crippen LogP contribution is -2.32. The zero-order valence-corrected chi connectivity index (χ0v) is 22.1. The highest BCUT2D eigenvalue weighted by atomic mass is 19.1. The van der Waals surface area contributed by atoms with Crippen LogP contribution in [0.15, 0.2) is 36.7 Å². The first kappa shape index (κ1) is 24.0. The minimum absolute atomic E-state index is 0.0169. The summed E-state index contributed by atoms with van der Waals surface area (Å²) in [6.45, 7) is 12.1. The topological polar surface area (TPSA) is 71.8 Å². The Kier molecular flexibility index (Phi) is 5.94. The van der Waals surface area contributed by atoms with Gasteiger partial charge in [0.25, 0.3) is 0 Å². The standard InChI is InChI=1S/C29H34FN7/c1-5-36-12-9-19(10-13-36)20-6-7-24(31-16-20)33-28-32-17-22(30)27(35-28)21-14-18(2)26-23(15-21)37-25(34-26)8-11-29(37,3)4/h6-7,14-17,19H,5,8-13H2,1-4H3,(H,31,32,33,35). The number of aryl methyl sites for hydroxylation is 2. The van der Waals surface area contributed by atoms with Crippen molar-refractivity contribution in [3.05, 3.63) is 59.4 Å². The number of nitrogens with zero attached hydrogens (tertiary/aromatic N) is 6. The molecule has 0 saturated carbocycles. The molecule has 37 heavy (non-hydrogen) atoms. The number of halogens is 1. The van der Waals surface area contributed by atoms with Gasteiger partial charge in [0.15, 0.2) is 5.82 Å². The lowest BCUT2D eigenvalue weighted by molar-refractivity contribution is 0.222. The number of rotatable bonds is 5. The summed E-state index contributed by atoms with van der Waals surface area (Å²) < 4.78 is 17.3. The molecular weight excluding hydrogens is 465 g/mol. The number of nitrogens with one attached hydrogen (secondary N) is 1. The van der Waals surface area contributed by atoms with E-state index in [9.17, 15) is 4.39 Å². The fraction of sp³-hybridized carbons (Fsp3) is 0.448. The monoisotopic (exact) mass is 499 g/mol. The maximum atomic E-state index is 15.0. The predicted molar refractivity (Wildman–Crippen MR) is 145 cm³/mol. The van der Waals surface area contributed by atoms with Crippen molar-refractivity contribution in [2.24, 2.45) is 0 Å². The summed E-state index contributed by atoms with van der Waals surface area (Å²) in [6, 6.07) is 8.06. The predicted octanol–water partition coefficient (Wildman–Crippen LogP) is 5.96. The van der Waals surface area contributed by atoms with E-state index in [-0.39, 0.29) is 11.2 Å². The van der Waals surface area contributed by atoms with Gasteiger partial charge in [0.05, 0.1) is 17.2 Å². The minimum atomic E-state index is -0.452. The van der Waals surface area contributed by atoms with Crippen LogP contribution < -0.4 is 5.32 Å². The third kappa shape index (κ3) is 4.37. The highest BCUT2D eigenvalue weighted by molar-refractivity contribution is 5.86. The maximum absolute atomic E-state index is 15.0. The van der Waals surface area contributed by atoms with E-state index in [0.717, 1.165) is 73.3 Å². The minimum Gasteiger partial charge on any atom is -0.322 e. The number of anilines is 2. The van der Waals surface area contributed by atoms with Gasteiger partial charge in [0.2, 0.25) is 5.95 Å². The summed E-state index contributed by atoms with van der Waals surface area (Å²) >= 11 is 0. The molecule has 0 amide bonds. The second kappa shape index (κ2) is 9.17. The van der Waals surface area contributed by atoms with Crippen molar-refractivity contribution in [1.82, 2.24) is 29.4 Å². The van der Waals surface area contributed by atoms with E-state index in [0.29, 0.717) is 17.7 Å². The van der Waals surface area contributed by atoms with Crippen molar-refractivity contribution in [1.29, 1.82) is 0 Å². The molecule has 0 unspecified atom stereocenters. The van der Waals surface area contributed by atoms with Crippen LogP contribution in [0, 0.1) is 12.7 Å². The molecule has 6 rings (SSSR count). The third-order valence-electron chi connectivity index (χ3n) is 8.14. The number of benzene rings is 1. The van der Waals surface area contributed by atoms with Crippen LogP contribution in [-0.4, -0.2) is 49.0 Å². The molecular formula is C29H34FN7. The fourth-order valence-electron chi connectivity index (χ4n) is 5.95. The molecule has 1 saturated heterocycles. The lowest BCUT2D eigenvalue weighted by Gasteiger charge is -2.31. The van der Waals surface area contributed by atoms with Crippen LogP contribution >= 0.6 is 0 Å². The van der Waals surface area contributed by atoms with Crippen LogP contribution in [0.3, 0.4) is 0 Å². The average molecular weight is 500 g/mol. The van der Waals surface area contributed by atoms with Crippen molar-refractivity contribution in [3.63, 3.8) is 0 Å². The van der Waals surface area contributed by atoms with Gasteiger partial charge in [-0.15, -0.1) is 0 Å². The molecule has 7 nitrogen and oxygen atoms in total. The smallest absolute Gasteiger partial charge is 0.229 e. The lowest BCUT2D eigenvalue weighted by atomic mass is 9.90. The van der Waals surface area contributed by atoms with Gasteiger partial charge in [0.1, 0.15) is 17.3 Å². The first-order chi connectivity index (χ1) is 17.8. The number of hydrogen-bond donors (Lipinski definition) is 1. The molecule has 192 valence electrons. The molecule has 5 heterocycles. The van der Waals surface area contributed by atoms with E-state index >= 15 is 0 Å². The van der Waals surface area contributed by atoms with E-state index in [4.69, 9.17) is 4.98 Å². The van der Waals surface area contributed by atoms with Crippen molar-refractivity contribution in [3.8, 4) is 11.3 Å².